The SMILES string of the molecule is COc1ccc(N2CCCn3c2nc2c(Cl)ccc(C(OC)C(F)(F)F)c23)c(C)n1. The molecule has 0 fully saturated rings. The predicted octanol–water partition coefficient (Wildman–Crippen LogP) is 5.19. The second-order valence-electron chi connectivity index (χ2n) is 7.02. The number of benzene rings is 1. The van der Waals surface area contributed by atoms with Crippen LogP contribution in [-0.2, 0) is 11.3 Å². The first-order valence-corrected chi connectivity index (χ1v) is 9.71. The molecule has 3 heterocycles. The molecule has 0 spiro atoms. The highest BCUT2D eigenvalue weighted by atomic mass is 35.5. The molecule has 0 N–H and O–H groups in total. The molecule has 1 unspecified atom stereocenters. The van der Waals surface area contributed by atoms with E-state index in [4.69, 9.17) is 21.1 Å². The predicted molar refractivity (Wildman–Crippen MR) is 108 cm³/mol. The molecule has 0 saturated carbocycles. The molecule has 3 aromatic rings. The van der Waals surface area contributed by atoms with Crippen LogP contribution in [0.25, 0.3) is 11.0 Å². The van der Waals surface area contributed by atoms with Gasteiger partial charge in [0.2, 0.25) is 11.8 Å². The quantitative estimate of drug-likeness (QED) is 0.558. The van der Waals surface area contributed by atoms with Crippen molar-refractivity contribution in [1.82, 2.24) is 14.5 Å². The van der Waals surface area contributed by atoms with Crippen LogP contribution in [0.4, 0.5) is 24.8 Å². The number of aromatic nitrogens is 3. The minimum absolute atomic E-state index is 0.00502. The summed E-state index contributed by atoms with van der Waals surface area (Å²) in [5.41, 5.74) is 2.19. The van der Waals surface area contributed by atoms with Crippen LogP contribution in [-0.4, -0.2) is 41.5 Å². The van der Waals surface area contributed by atoms with E-state index in [0.29, 0.717) is 36.0 Å². The average Bonchev–Trinajstić information content (AvgIpc) is 3.10. The summed E-state index contributed by atoms with van der Waals surface area (Å²) in [5.74, 6) is 1.01. The van der Waals surface area contributed by atoms with E-state index in [2.05, 4.69) is 9.97 Å². The number of ether oxygens (including phenoxy) is 2. The second-order valence-corrected chi connectivity index (χ2v) is 7.43. The number of rotatable bonds is 4. The fraction of sp³-hybridized carbons (Fsp3) is 0.400. The van der Waals surface area contributed by atoms with Crippen molar-refractivity contribution in [3.63, 3.8) is 0 Å². The lowest BCUT2D eigenvalue weighted by molar-refractivity contribution is -0.215. The minimum Gasteiger partial charge on any atom is -0.481 e. The van der Waals surface area contributed by atoms with Crippen LogP contribution >= 0.6 is 11.6 Å². The highest BCUT2D eigenvalue weighted by Crippen LogP contribution is 2.43. The van der Waals surface area contributed by atoms with E-state index in [-0.39, 0.29) is 10.6 Å². The van der Waals surface area contributed by atoms with Gasteiger partial charge < -0.3 is 18.9 Å². The number of nitrogens with zero attached hydrogens (tertiary/aromatic N) is 4. The second kappa shape index (κ2) is 7.63. The Morgan fingerprint density at radius 2 is 1.87 bits per heavy atom. The van der Waals surface area contributed by atoms with Gasteiger partial charge in [-0.1, -0.05) is 17.7 Å². The number of hydrogen-bond acceptors (Lipinski definition) is 5. The van der Waals surface area contributed by atoms with E-state index in [1.54, 1.807) is 10.6 Å². The summed E-state index contributed by atoms with van der Waals surface area (Å²) in [6, 6.07) is 6.40. The van der Waals surface area contributed by atoms with Crippen molar-refractivity contribution >= 4 is 34.3 Å². The van der Waals surface area contributed by atoms with Crippen molar-refractivity contribution in [2.75, 3.05) is 25.7 Å². The number of fused-ring (bicyclic) bond motifs is 3. The van der Waals surface area contributed by atoms with Gasteiger partial charge in [-0.3, -0.25) is 0 Å². The summed E-state index contributed by atoms with van der Waals surface area (Å²) in [6.07, 6.45) is -5.91. The Labute approximate surface area is 176 Å². The zero-order valence-corrected chi connectivity index (χ0v) is 17.4. The molecular formula is C20H20ClF3N4O2. The Hall–Kier alpha value is -2.52. The Morgan fingerprint density at radius 1 is 1.10 bits per heavy atom. The van der Waals surface area contributed by atoms with Crippen molar-refractivity contribution < 1.29 is 22.6 Å². The molecule has 1 aliphatic rings. The summed E-state index contributed by atoms with van der Waals surface area (Å²) in [5, 5.41) is 0.289. The van der Waals surface area contributed by atoms with E-state index in [1.165, 1.54) is 19.2 Å². The number of anilines is 2. The van der Waals surface area contributed by atoms with Crippen molar-refractivity contribution in [2.24, 2.45) is 0 Å². The smallest absolute Gasteiger partial charge is 0.418 e. The van der Waals surface area contributed by atoms with Crippen molar-refractivity contribution in [3.8, 4) is 5.88 Å². The fourth-order valence-corrected chi connectivity index (χ4v) is 4.13. The number of halogens is 4. The maximum absolute atomic E-state index is 13.6. The van der Waals surface area contributed by atoms with Crippen LogP contribution in [0.1, 0.15) is 23.8 Å². The van der Waals surface area contributed by atoms with Crippen molar-refractivity contribution in [1.29, 1.82) is 0 Å². The van der Waals surface area contributed by atoms with Crippen LogP contribution < -0.4 is 9.64 Å². The number of aryl methyl sites for hydroxylation is 2. The molecule has 0 bridgehead atoms. The van der Waals surface area contributed by atoms with E-state index in [1.807, 2.05) is 17.9 Å². The molecule has 160 valence electrons. The van der Waals surface area contributed by atoms with Gasteiger partial charge in [-0.2, -0.15) is 13.2 Å². The number of pyridine rings is 1. The maximum Gasteiger partial charge on any atom is 0.418 e. The van der Waals surface area contributed by atoms with Crippen LogP contribution in [0.5, 0.6) is 5.88 Å². The van der Waals surface area contributed by atoms with Crippen LogP contribution in [0.3, 0.4) is 0 Å². The zero-order valence-electron chi connectivity index (χ0n) is 16.6. The number of methoxy groups -OCH3 is 2. The lowest BCUT2D eigenvalue weighted by Gasteiger charge is -2.30. The van der Waals surface area contributed by atoms with Gasteiger partial charge in [-0.15, -0.1) is 0 Å². The summed E-state index contributed by atoms with van der Waals surface area (Å²) in [4.78, 5) is 11.0. The third kappa shape index (κ3) is 3.35. The minimum atomic E-state index is -4.56. The van der Waals surface area contributed by atoms with Crippen LogP contribution in [0.15, 0.2) is 24.3 Å². The lowest BCUT2D eigenvalue weighted by atomic mass is 10.1. The molecule has 2 aromatic heterocycles. The molecule has 1 aromatic carbocycles. The number of imidazole rings is 1. The summed E-state index contributed by atoms with van der Waals surface area (Å²) in [7, 11) is 2.59. The summed E-state index contributed by atoms with van der Waals surface area (Å²) in [6.45, 7) is 3.02. The van der Waals surface area contributed by atoms with Crippen molar-refractivity contribution in [2.45, 2.75) is 32.2 Å². The third-order valence-electron chi connectivity index (χ3n) is 5.21. The number of alkyl halides is 3. The molecule has 0 radical (unpaired) electrons. The molecule has 0 saturated heterocycles. The molecule has 1 aliphatic heterocycles. The first-order valence-electron chi connectivity index (χ1n) is 9.33. The zero-order chi connectivity index (χ0) is 21.6. The van der Waals surface area contributed by atoms with Gasteiger partial charge in [0.15, 0.2) is 6.10 Å². The van der Waals surface area contributed by atoms with Gasteiger partial charge in [0.05, 0.1) is 29.0 Å². The first-order chi connectivity index (χ1) is 14.3. The van der Waals surface area contributed by atoms with E-state index in [0.717, 1.165) is 24.9 Å². The highest BCUT2D eigenvalue weighted by molar-refractivity contribution is 6.35. The monoisotopic (exact) mass is 440 g/mol. The molecule has 0 amide bonds. The van der Waals surface area contributed by atoms with E-state index < -0.39 is 12.3 Å². The summed E-state index contributed by atoms with van der Waals surface area (Å²) >= 11 is 6.33. The molecule has 1 atom stereocenters. The standard InChI is InChI=1S/C20H20ClF3N4O2/c1-11-14(7-8-15(25-11)29-2)27-9-4-10-28-17-12(18(30-3)20(22,23)24)5-6-13(21)16(17)26-19(27)28/h5-8,18H,4,9-10H2,1-3H3. The molecular weight excluding hydrogens is 421 g/mol. The lowest BCUT2D eigenvalue weighted by Crippen LogP contribution is -2.29. The molecule has 6 nitrogen and oxygen atoms in total. The highest BCUT2D eigenvalue weighted by Gasteiger charge is 2.43. The van der Waals surface area contributed by atoms with Crippen LogP contribution in [0.2, 0.25) is 5.02 Å². The van der Waals surface area contributed by atoms with E-state index >= 15 is 0 Å². The average molecular weight is 441 g/mol. The van der Waals surface area contributed by atoms with Gasteiger partial charge in [0.25, 0.3) is 0 Å². The largest absolute Gasteiger partial charge is 0.481 e. The van der Waals surface area contributed by atoms with Crippen molar-refractivity contribution in [3.05, 3.63) is 40.5 Å². The van der Waals surface area contributed by atoms with Crippen LogP contribution in [0, 0.1) is 6.92 Å². The molecule has 30 heavy (non-hydrogen) atoms. The molecule has 10 heteroatoms. The first kappa shape index (κ1) is 20.7. The van der Waals surface area contributed by atoms with Gasteiger partial charge in [-0.05, 0) is 25.5 Å². The van der Waals surface area contributed by atoms with Gasteiger partial charge in [0, 0.05) is 31.8 Å². The summed E-state index contributed by atoms with van der Waals surface area (Å²) < 4.78 is 52.6. The Morgan fingerprint density at radius 3 is 2.50 bits per heavy atom. The number of hydrogen-bond donors (Lipinski definition) is 0. The maximum atomic E-state index is 13.6. The fourth-order valence-electron chi connectivity index (χ4n) is 3.93. The topological polar surface area (TPSA) is 52.4 Å². The Kier molecular flexibility index (Phi) is 5.27. The Balaban J connectivity index is 1.92. The molecule has 0 aliphatic carbocycles. The molecule has 4 rings (SSSR count). The normalized spacial score (nSPS) is 15.4. The van der Waals surface area contributed by atoms with Gasteiger partial charge >= 0.3 is 6.18 Å². The third-order valence-corrected chi connectivity index (χ3v) is 5.51. The Bertz CT molecular complexity index is 1100. The van der Waals surface area contributed by atoms with Gasteiger partial charge in [0.1, 0.15) is 5.52 Å². The van der Waals surface area contributed by atoms with Gasteiger partial charge in [-0.25, -0.2) is 9.97 Å². The van der Waals surface area contributed by atoms with E-state index in [9.17, 15) is 13.2 Å².